The molecule has 6 heteroatoms. The van der Waals surface area contributed by atoms with Crippen molar-refractivity contribution < 1.29 is 14.3 Å². The van der Waals surface area contributed by atoms with E-state index in [9.17, 15) is 9.59 Å². The highest BCUT2D eigenvalue weighted by molar-refractivity contribution is 5.93. The number of carbonyl (C=O) groups excluding carboxylic acids is 2. The molecule has 0 unspecified atom stereocenters. The second kappa shape index (κ2) is 6.97. The molecule has 1 aromatic rings. The molecule has 1 aliphatic heterocycles. The number of hydrogen-bond donors (Lipinski definition) is 2. The van der Waals surface area contributed by atoms with Crippen LogP contribution in [-0.2, 0) is 4.79 Å². The Morgan fingerprint density at radius 1 is 1.29 bits per heavy atom. The fraction of sp³-hybridized carbons (Fsp3) is 0.467. The lowest BCUT2D eigenvalue weighted by Crippen LogP contribution is -2.47. The summed E-state index contributed by atoms with van der Waals surface area (Å²) in [5.41, 5.74) is 0.618. The summed E-state index contributed by atoms with van der Waals surface area (Å²) in [4.78, 5) is 25.8. The van der Waals surface area contributed by atoms with Crippen LogP contribution >= 0.6 is 0 Å². The summed E-state index contributed by atoms with van der Waals surface area (Å²) in [5.74, 6) is 0.627. The maximum Gasteiger partial charge on any atom is 0.319 e. The van der Waals surface area contributed by atoms with E-state index in [-0.39, 0.29) is 5.91 Å². The van der Waals surface area contributed by atoms with Gasteiger partial charge in [0, 0.05) is 24.8 Å². The smallest absolute Gasteiger partial charge is 0.319 e. The molecule has 6 nitrogen and oxygen atoms in total. The van der Waals surface area contributed by atoms with E-state index in [1.54, 1.807) is 43.2 Å². The van der Waals surface area contributed by atoms with E-state index in [0.29, 0.717) is 11.4 Å². The van der Waals surface area contributed by atoms with E-state index >= 15 is 0 Å². The second-order valence-electron chi connectivity index (χ2n) is 5.08. The van der Waals surface area contributed by atoms with Crippen LogP contribution in [0.2, 0.25) is 0 Å². The summed E-state index contributed by atoms with van der Waals surface area (Å²) < 4.78 is 5.09. The summed E-state index contributed by atoms with van der Waals surface area (Å²) in [6, 6.07) is 6.12. The highest BCUT2D eigenvalue weighted by Gasteiger charge is 2.24. The average Bonchev–Trinajstić information content (AvgIpc) is 3.00. The Labute approximate surface area is 124 Å². The molecule has 0 aliphatic carbocycles. The van der Waals surface area contributed by atoms with Gasteiger partial charge in [-0.15, -0.1) is 0 Å². The van der Waals surface area contributed by atoms with E-state index in [2.05, 4.69) is 10.6 Å². The van der Waals surface area contributed by atoms with Gasteiger partial charge in [-0.2, -0.15) is 0 Å². The van der Waals surface area contributed by atoms with Crippen LogP contribution in [0.4, 0.5) is 10.5 Å². The molecule has 21 heavy (non-hydrogen) atoms. The fourth-order valence-corrected chi connectivity index (χ4v) is 2.34. The molecule has 3 amide bonds. The lowest BCUT2D eigenvalue weighted by molar-refractivity contribution is -0.131. The molecular weight excluding hydrogens is 270 g/mol. The Morgan fingerprint density at radius 2 is 2.00 bits per heavy atom. The number of benzene rings is 1. The highest BCUT2D eigenvalue weighted by atomic mass is 16.5. The minimum absolute atomic E-state index is 0.0340. The number of amides is 3. The normalized spacial score (nSPS) is 15.4. The summed E-state index contributed by atoms with van der Waals surface area (Å²) in [7, 11) is 1.57. The Bertz CT molecular complexity index is 513. The topological polar surface area (TPSA) is 70.7 Å². The van der Waals surface area contributed by atoms with Gasteiger partial charge in [-0.05, 0) is 31.9 Å². The van der Waals surface area contributed by atoms with Gasteiger partial charge in [0.1, 0.15) is 11.8 Å². The first-order chi connectivity index (χ1) is 10.1. The number of methoxy groups -OCH3 is 1. The predicted octanol–water partition coefficient (Wildman–Crippen LogP) is 1.83. The van der Waals surface area contributed by atoms with Gasteiger partial charge < -0.3 is 20.3 Å². The average molecular weight is 291 g/mol. The largest absolute Gasteiger partial charge is 0.497 e. The Hall–Kier alpha value is -2.24. The van der Waals surface area contributed by atoms with Crippen LogP contribution in [0.25, 0.3) is 0 Å². The minimum Gasteiger partial charge on any atom is -0.497 e. The fourth-order valence-electron chi connectivity index (χ4n) is 2.34. The number of hydrogen-bond acceptors (Lipinski definition) is 3. The molecule has 1 heterocycles. The standard InChI is InChI=1S/C15H21N3O3/c1-11(14(19)18-8-3-4-9-18)16-15(20)17-12-6-5-7-13(10-12)21-2/h5-7,10-11H,3-4,8-9H2,1-2H3,(H2,16,17,20)/t11-/m0/s1. The Balaban J connectivity index is 1.87. The zero-order chi connectivity index (χ0) is 15.2. The van der Waals surface area contributed by atoms with Gasteiger partial charge >= 0.3 is 6.03 Å². The van der Waals surface area contributed by atoms with Crippen molar-refractivity contribution in [2.24, 2.45) is 0 Å². The first-order valence-electron chi connectivity index (χ1n) is 7.10. The van der Waals surface area contributed by atoms with Crippen LogP contribution < -0.4 is 15.4 Å². The molecule has 1 saturated heterocycles. The third-order valence-electron chi connectivity index (χ3n) is 3.46. The van der Waals surface area contributed by atoms with Crippen LogP contribution in [0.15, 0.2) is 24.3 Å². The number of ether oxygens (including phenoxy) is 1. The zero-order valence-corrected chi connectivity index (χ0v) is 12.4. The maximum atomic E-state index is 12.1. The van der Waals surface area contributed by atoms with Gasteiger partial charge in [0.25, 0.3) is 0 Å². The zero-order valence-electron chi connectivity index (χ0n) is 12.4. The van der Waals surface area contributed by atoms with Crippen LogP contribution in [-0.4, -0.2) is 43.1 Å². The quantitative estimate of drug-likeness (QED) is 0.889. The van der Waals surface area contributed by atoms with Gasteiger partial charge in [0.05, 0.1) is 7.11 Å². The van der Waals surface area contributed by atoms with Gasteiger partial charge in [-0.25, -0.2) is 4.79 Å². The number of anilines is 1. The second-order valence-corrected chi connectivity index (χ2v) is 5.08. The monoisotopic (exact) mass is 291 g/mol. The number of rotatable bonds is 4. The van der Waals surface area contributed by atoms with Crippen LogP contribution in [0.5, 0.6) is 5.75 Å². The van der Waals surface area contributed by atoms with Crippen molar-refractivity contribution in [3.8, 4) is 5.75 Å². The number of carbonyl (C=O) groups is 2. The third kappa shape index (κ3) is 4.11. The third-order valence-corrected chi connectivity index (χ3v) is 3.46. The van der Waals surface area contributed by atoms with E-state index in [4.69, 9.17) is 4.74 Å². The van der Waals surface area contributed by atoms with E-state index in [1.807, 2.05) is 0 Å². The minimum atomic E-state index is -0.534. The van der Waals surface area contributed by atoms with Crippen LogP contribution in [0.1, 0.15) is 19.8 Å². The summed E-state index contributed by atoms with van der Waals surface area (Å²) in [6.45, 7) is 3.26. The molecule has 1 aliphatic rings. The summed E-state index contributed by atoms with van der Waals surface area (Å²) in [6.07, 6.45) is 2.07. The maximum absolute atomic E-state index is 12.1. The van der Waals surface area contributed by atoms with Crippen molar-refractivity contribution in [2.45, 2.75) is 25.8 Å². The molecule has 0 aromatic heterocycles. The van der Waals surface area contributed by atoms with Gasteiger partial charge in [-0.1, -0.05) is 6.07 Å². The molecule has 2 rings (SSSR count). The highest BCUT2D eigenvalue weighted by Crippen LogP contribution is 2.16. The van der Waals surface area contributed by atoms with E-state index < -0.39 is 12.1 Å². The van der Waals surface area contributed by atoms with E-state index in [1.165, 1.54) is 0 Å². The SMILES string of the molecule is COc1cccc(NC(=O)N[C@@H](C)C(=O)N2CCCC2)c1. The number of nitrogens with one attached hydrogen (secondary N) is 2. The Kier molecular flexibility index (Phi) is 5.03. The van der Waals surface area contributed by atoms with Crippen molar-refractivity contribution in [3.63, 3.8) is 0 Å². The van der Waals surface area contributed by atoms with Crippen molar-refractivity contribution >= 4 is 17.6 Å². The van der Waals surface area contributed by atoms with Gasteiger partial charge in [0.2, 0.25) is 5.91 Å². The number of urea groups is 1. The van der Waals surface area contributed by atoms with Gasteiger partial charge in [-0.3, -0.25) is 4.79 Å². The number of likely N-dealkylation sites (tertiary alicyclic amines) is 1. The number of nitrogens with zero attached hydrogens (tertiary/aromatic N) is 1. The molecule has 114 valence electrons. The van der Waals surface area contributed by atoms with Gasteiger partial charge in [0.15, 0.2) is 0 Å². The van der Waals surface area contributed by atoms with Crippen LogP contribution in [0, 0.1) is 0 Å². The molecule has 1 fully saturated rings. The van der Waals surface area contributed by atoms with Crippen LogP contribution in [0.3, 0.4) is 0 Å². The van der Waals surface area contributed by atoms with E-state index in [0.717, 1.165) is 25.9 Å². The molecule has 1 atom stereocenters. The molecular formula is C15H21N3O3. The summed E-state index contributed by atoms with van der Waals surface area (Å²) in [5, 5.41) is 5.35. The van der Waals surface area contributed by atoms with Crippen molar-refractivity contribution in [1.82, 2.24) is 10.2 Å². The first kappa shape index (κ1) is 15.2. The predicted molar refractivity (Wildman–Crippen MR) is 80.4 cm³/mol. The lowest BCUT2D eigenvalue weighted by Gasteiger charge is -2.21. The Morgan fingerprint density at radius 3 is 2.67 bits per heavy atom. The molecule has 1 aromatic carbocycles. The lowest BCUT2D eigenvalue weighted by atomic mass is 10.3. The van der Waals surface area contributed by atoms with Crippen molar-refractivity contribution in [2.75, 3.05) is 25.5 Å². The van der Waals surface area contributed by atoms with Crippen molar-refractivity contribution in [3.05, 3.63) is 24.3 Å². The molecule has 0 saturated carbocycles. The summed E-state index contributed by atoms with van der Waals surface area (Å²) >= 11 is 0. The van der Waals surface area contributed by atoms with Crippen molar-refractivity contribution in [1.29, 1.82) is 0 Å². The molecule has 0 bridgehead atoms. The molecule has 0 spiro atoms. The molecule has 2 N–H and O–H groups in total. The first-order valence-corrected chi connectivity index (χ1v) is 7.10. The molecule has 0 radical (unpaired) electrons.